The molecule has 0 aliphatic carbocycles. The molecular formula is C9H8N4O2. The summed E-state index contributed by atoms with van der Waals surface area (Å²) in [5.74, 6) is -0.112. The molecule has 2 aromatic heterocycles. The Morgan fingerprint density at radius 3 is 3.00 bits per heavy atom. The summed E-state index contributed by atoms with van der Waals surface area (Å²) in [6.45, 7) is 0. The minimum Gasteiger partial charge on any atom is -0.463 e. The first-order valence-corrected chi connectivity index (χ1v) is 4.23. The van der Waals surface area contributed by atoms with E-state index in [-0.39, 0.29) is 5.82 Å². The van der Waals surface area contributed by atoms with E-state index in [1.165, 1.54) is 7.11 Å². The molecule has 0 saturated carbocycles. The highest BCUT2D eigenvalue weighted by atomic mass is 16.5. The number of hydrogen-bond acceptors (Lipinski definition) is 5. The van der Waals surface area contributed by atoms with Crippen LogP contribution in [0.5, 0.6) is 0 Å². The number of ether oxygens (including phenoxy) is 1. The minimum absolute atomic E-state index is 0.0677. The number of hydrogen-bond donors (Lipinski definition) is 1. The molecule has 0 fully saturated rings. The van der Waals surface area contributed by atoms with E-state index in [0.29, 0.717) is 11.5 Å². The normalized spacial score (nSPS) is 9.93. The summed E-state index contributed by atoms with van der Waals surface area (Å²) in [5.41, 5.74) is 0.601. The highest BCUT2D eigenvalue weighted by Gasteiger charge is 2.12. The first kappa shape index (κ1) is 9.32. The number of rotatable bonds is 2. The zero-order valence-corrected chi connectivity index (χ0v) is 7.97. The van der Waals surface area contributed by atoms with Crippen LogP contribution in [0, 0.1) is 0 Å². The van der Waals surface area contributed by atoms with Crippen molar-refractivity contribution in [3.05, 3.63) is 30.2 Å². The number of aromatic amines is 1. The Morgan fingerprint density at radius 1 is 1.47 bits per heavy atom. The maximum absolute atomic E-state index is 11.1. The topological polar surface area (TPSA) is 80.8 Å². The highest BCUT2D eigenvalue weighted by molar-refractivity contribution is 5.85. The van der Waals surface area contributed by atoms with Gasteiger partial charge in [-0.1, -0.05) is 6.07 Å². The Balaban J connectivity index is 2.32. The summed E-state index contributed by atoms with van der Waals surface area (Å²) < 4.78 is 4.49. The van der Waals surface area contributed by atoms with Gasteiger partial charge in [0.05, 0.1) is 7.11 Å². The van der Waals surface area contributed by atoms with Crippen LogP contribution in [0.2, 0.25) is 0 Å². The van der Waals surface area contributed by atoms with Crippen LogP contribution in [0.15, 0.2) is 24.4 Å². The van der Waals surface area contributed by atoms with E-state index in [1.807, 2.05) is 6.07 Å². The number of methoxy groups -OCH3 is 1. The molecule has 0 saturated heterocycles. The van der Waals surface area contributed by atoms with Gasteiger partial charge in [0.1, 0.15) is 5.69 Å². The molecule has 0 aliphatic heterocycles. The number of H-pyrrole nitrogens is 1. The third-order valence-corrected chi connectivity index (χ3v) is 1.76. The predicted molar refractivity (Wildman–Crippen MR) is 51.0 cm³/mol. The Morgan fingerprint density at radius 2 is 2.33 bits per heavy atom. The van der Waals surface area contributed by atoms with Gasteiger partial charge in [0.2, 0.25) is 5.82 Å². The molecule has 0 unspecified atom stereocenters. The molecule has 0 aromatic carbocycles. The average molecular weight is 204 g/mol. The number of esters is 1. The van der Waals surface area contributed by atoms with Gasteiger partial charge in [-0.05, 0) is 12.1 Å². The van der Waals surface area contributed by atoms with E-state index in [9.17, 15) is 4.79 Å². The summed E-state index contributed by atoms with van der Waals surface area (Å²) >= 11 is 0. The van der Waals surface area contributed by atoms with E-state index in [2.05, 4.69) is 24.9 Å². The van der Waals surface area contributed by atoms with E-state index < -0.39 is 5.97 Å². The van der Waals surface area contributed by atoms with Gasteiger partial charge in [-0.3, -0.25) is 10.1 Å². The molecule has 2 heterocycles. The first-order valence-electron chi connectivity index (χ1n) is 4.23. The Bertz CT molecular complexity index is 466. The van der Waals surface area contributed by atoms with Crippen molar-refractivity contribution in [3.8, 4) is 11.5 Å². The lowest BCUT2D eigenvalue weighted by molar-refractivity contribution is 0.0587. The van der Waals surface area contributed by atoms with E-state index in [1.54, 1.807) is 18.3 Å². The molecule has 2 aromatic rings. The third kappa shape index (κ3) is 1.83. The van der Waals surface area contributed by atoms with Crippen LogP contribution >= 0.6 is 0 Å². The fourth-order valence-corrected chi connectivity index (χ4v) is 1.06. The second-order valence-corrected chi connectivity index (χ2v) is 2.71. The van der Waals surface area contributed by atoms with Crippen molar-refractivity contribution in [2.75, 3.05) is 7.11 Å². The molecule has 6 nitrogen and oxygen atoms in total. The van der Waals surface area contributed by atoms with Gasteiger partial charge in [-0.15, -0.1) is 0 Å². The van der Waals surface area contributed by atoms with Crippen molar-refractivity contribution >= 4 is 5.97 Å². The molecule has 0 aliphatic rings. The Hall–Kier alpha value is -2.24. The van der Waals surface area contributed by atoms with E-state index >= 15 is 0 Å². The van der Waals surface area contributed by atoms with Crippen LogP contribution in [-0.2, 0) is 4.74 Å². The van der Waals surface area contributed by atoms with Gasteiger partial charge in [0.15, 0.2) is 5.82 Å². The van der Waals surface area contributed by atoms with Gasteiger partial charge in [-0.2, -0.15) is 10.1 Å². The maximum Gasteiger partial charge on any atom is 0.375 e. The molecule has 0 atom stereocenters. The smallest absolute Gasteiger partial charge is 0.375 e. The third-order valence-electron chi connectivity index (χ3n) is 1.76. The van der Waals surface area contributed by atoms with Crippen LogP contribution in [0.1, 0.15) is 10.6 Å². The van der Waals surface area contributed by atoms with E-state index in [4.69, 9.17) is 0 Å². The van der Waals surface area contributed by atoms with Crippen LogP contribution < -0.4 is 0 Å². The molecule has 1 N–H and O–H groups in total. The molecule has 2 rings (SSSR count). The molecule has 0 bridgehead atoms. The molecular weight excluding hydrogens is 196 g/mol. The summed E-state index contributed by atoms with van der Waals surface area (Å²) in [6.07, 6.45) is 1.63. The zero-order chi connectivity index (χ0) is 10.7. The lowest BCUT2D eigenvalue weighted by Crippen LogP contribution is -2.03. The predicted octanol–water partition coefficient (Wildman–Crippen LogP) is 0.653. The average Bonchev–Trinajstić information content (AvgIpc) is 2.78. The fourth-order valence-electron chi connectivity index (χ4n) is 1.06. The van der Waals surface area contributed by atoms with Crippen molar-refractivity contribution in [1.29, 1.82) is 0 Å². The lowest BCUT2D eigenvalue weighted by Gasteiger charge is -1.91. The van der Waals surface area contributed by atoms with Gasteiger partial charge < -0.3 is 4.74 Å². The van der Waals surface area contributed by atoms with Gasteiger partial charge in [0, 0.05) is 6.20 Å². The largest absolute Gasteiger partial charge is 0.463 e. The van der Waals surface area contributed by atoms with Crippen LogP contribution in [-0.4, -0.2) is 33.2 Å². The fraction of sp³-hybridized carbons (Fsp3) is 0.111. The summed E-state index contributed by atoms with van der Waals surface area (Å²) in [7, 11) is 1.28. The first-order chi connectivity index (χ1) is 7.31. The van der Waals surface area contributed by atoms with Crippen molar-refractivity contribution in [2.45, 2.75) is 0 Å². The molecule has 6 heteroatoms. The van der Waals surface area contributed by atoms with Gasteiger partial charge in [0.25, 0.3) is 0 Å². The van der Waals surface area contributed by atoms with Crippen molar-refractivity contribution in [1.82, 2.24) is 20.2 Å². The second-order valence-electron chi connectivity index (χ2n) is 2.71. The van der Waals surface area contributed by atoms with Crippen LogP contribution in [0.3, 0.4) is 0 Å². The monoisotopic (exact) mass is 204 g/mol. The van der Waals surface area contributed by atoms with Crippen molar-refractivity contribution in [3.63, 3.8) is 0 Å². The lowest BCUT2D eigenvalue weighted by atomic mass is 10.3. The Kier molecular flexibility index (Phi) is 2.40. The molecule has 76 valence electrons. The molecule has 0 radical (unpaired) electrons. The SMILES string of the molecule is COC(=O)c1nc(-c2ccccn2)n[nH]1. The molecule has 0 amide bonds. The summed E-state index contributed by atoms with van der Waals surface area (Å²) in [5, 5.41) is 6.34. The maximum atomic E-state index is 11.1. The number of nitrogens with zero attached hydrogens (tertiary/aromatic N) is 3. The zero-order valence-electron chi connectivity index (χ0n) is 7.97. The van der Waals surface area contributed by atoms with Gasteiger partial charge >= 0.3 is 5.97 Å². The number of pyridine rings is 1. The van der Waals surface area contributed by atoms with Gasteiger partial charge in [-0.25, -0.2) is 4.79 Å². The summed E-state index contributed by atoms with van der Waals surface area (Å²) in [6, 6.07) is 5.36. The molecule has 0 spiro atoms. The number of aromatic nitrogens is 4. The quantitative estimate of drug-likeness (QED) is 0.726. The number of carbonyl (C=O) groups is 1. The van der Waals surface area contributed by atoms with Crippen LogP contribution in [0.4, 0.5) is 0 Å². The van der Waals surface area contributed by atoms with E-state index in [0.717, 1.165) is 0 Å². The highest BCUT2D eigenvalue weighted by Crippen LogP contribution is 2.09. The number of nitrogens with one attached hydrogen (secondary N) is 1. The second kappa shape index (κ2) is 3.87. The van der Waals surface area contributed by atoms with Crippen molar-refractivity contribution in [2.24, 2.45) is 0 Å². The molecule has 15 heavy (non-hydrogen) atoms. The minimum atomic E-state index is -0.551. The standard InChI is InChI=1S/C9H8N4O2/c1-15-9(14)8-11-7(12-13-8)6-4-2-3-5-10-6/h2-5H,1H3,(H,11,12,13). The van der Waals surface area contributed by atoms with Crippen molar-refractivity contribution < 1.29 is 9.53 Å². The summed E-state index contributed by atoms with van der Waals surface area (Å²) in [4.78, 5) is 19.1. The number of carbonyl (C=O) groups excluding carboxylic acids is 1. The van der Waals surface area contributed by atoms with Crippen LogP contribution in [0.25, 0.3) is 11.5 Å². The Labute approximate surface area is 85.3 Å².